The summed E-state index contributed by atoms with van der Waals surface area (Å²) >= 11 is 0. The molecule has 0 aromatic heterocycles. The van der Waals surface area contributed by atoms with Crippen LogP contribution in [0.15, 0.2) is 54.6 Å². The first-order valence-corrected chi connectivity index (χ1v) is 12.5. The van der Waals surface area contributed by atoms with Gasteiger partial charge < -0.3 is 10.2 Å². The molecule has 0 aliphatic carbocycles. The predicted octanol–water partition coefficient (Wildman–Crippen LogP) is 3.47. The molecular formula is C23H28F3N3O3S. The summed E-state index contributed by atoms with van der Waals surface area (Å²) in [6.45, 7) is 2.83. The van der Waals surface area contributed by atoms with Gasteiger partial charge in [-0.3, -0.25) is 4.79 Å². The fourth-order valence-electron chi connectivity index (χ4n) is 3.92. The number of rotatable bonds is 8. The van der Waals surface area contributed by atoms with Gasteiger partial charge in [0.05, 0.1) is 17.2 Å². The van der Waals surface area contributed by atoms with E-state index in [9.17, 15) is 26.4 Å². The van der Waals surface area contributed by atoms with Gasteiger partial charge in [-0.1, -0.05) is 43.3 Å². The fourth-order valence-corrected chi connectivity index (χ4v) is 5.25. The van der Waals surface area contributed by atoms with Crippen LogP contribution in [0, 0.1) is 0 Å². The number of piperazine rings is 1. The normalized spacial score (nSPS) is 16.4. The van der Waals surface area contributed by atoms with E-state index in [4.69, 9.17) is 0 Å². The monoisotopic (exact) mass is 483 g/mol. The van der Waals surface area contributed by atoms with Gasteiger partial charge in [-0.2, -0.15) is 17.5 Å². The summed E-state index contributed by atoms with van der Waals surface area (Å²) < 4.78 is 65.6. The van der Waals surface area contributed by atoms with Crippen molar-refractivity contribution >= 4 is 21.6 Å². The van der Waals surface area contributed by atoms with Crippen molar-refractivity contribution < 1.29 is 26.4 Å². The van der Waals surface area contributed by atoms with Crippen molar-refractivity contribution in [2.75, 3.05) is 43.4 Å². The number of halogens is 3. The second-order valence-corrected chi connectivity index (χ2v) is 10.0. The van der Waals surface area contributed by atoms with Gasteiger partial charge in [-0.25, -0.2) is 8.42 Å². The number of hydrogen-bond acceptors (Lipinski definition) is 4. The van der Waals surface area contributed by atoms with Crippen molar-refractivity contribution in [3.8, 4) is 0 Å². The summed E-state index contributed by atoms with van der Waals surface area (Å²) in [5, 5.41) is 2.72. The molecule has 0 radical (unpaired) electrons. The number of nitrogens with one attached hydrogen (secondary N) is 1. The number of nitrogens with zero attached hydrogens (tertiary/aromatic N) is 2. The van der Waals surface area contributed by atoms with Crippen LogP contribution in [0.2, 0.25) is 0 Å². The minimum atomic E-state index is -4.43. The number of carbonyl (C=O) groups is 1. The van der Waals surface area contributed by atoms with E-state index in [0.717, 1.165) is 17.7 Å². The average molecular weight is 484 g/mol. The van der Waals surface area contributed by atoms with Crippen LogP contribution in [0.4, 0.5) is 18.9 Å². The van der Waals surface area contributed by atoms with Crippen LogP contribution in [0.25, 0.3) is 0 Å². The predicted molar refractivity (Wildman–Crippen MR) is 122 cm³/mol. The lowest BCUT2D eigenvalue weighted by Crippen LogP contribution is -2.50. The molecule has 33 heavy (non-hydrogen) atoms. The summed E-state index contributed by atoms with van der Waals surface area (Å²) in [5.74, 6) is -0.786. The molecular weight excluding hydrogens is 455 g/mol. The van der Waals surface area contributed by atoms with E-state index >= 15 is 0 Å². The number of benzene rings is 2. The molecule has 1 saturated heterocycles. The molecule has 1 fully saturated rings. The van der Waals surface area contributed by atoms with Crippen molar-refractivity contribution in [2.45, 2.75) is 25.4 Å². The second-order valence-electron chi connectivity index (χ2n) is 7.91. The highest BCUT2D eigenvalue weighted by atomic mass is 32.2. The van der Waals surface area contributed by atoms with E-state index in [0.29, 0.717) is 25.2 Å². The third-order valence-electron chi connectivity index (χ3n) is 5.76. The maximum Gasteiger partial charge on any atom is 0.416 e. The molecule has 1 unspecified atom stereocenters. The highest BCUT2D eigenvalue weighted by Gasteiger charge is 2.32. The number of sulfonamides is 1. The zero-order valence-corrected chi connectivity index (χ0v) is 19.2. The molecule has 0 bridgehead atoms. The van der Waals surface area contributed by atoms with Crippen LogP contribution < -0.4 is 10.2 Å². The Morgan fingerprint density at radius 3 is 2.30 bits per heavy atom. The molecule has 1 atom stereocenters. The zero-order valence-electron chi connectivity index (χ0n) is 18.4. The van der Waals surface area contributed by atoms with Crippen LogP contribution in [0.1, 0.15) is 30.4 Å². The van der Waals surface area contributed by atoms with E-state index in [-0.39, 0.29) is 37.2 Å². The van der Waals surface area contributed by atoms with Crippen molar-refractivity contribution in [3.05, 3.63) is 65.7 Å². The summed E-state index contributed by atoms with van der Waals surface area (Å²) in [7, 11) is -3.60. The van der Waals surface area contributed by atoms with Gasteiger partial charge in [-0.15, -0.1) is 0 Å². The Labute approximate surface area is 192 Å². The Balaban J connectivity index is 1.51. The van der Waals surface area contributed by atoms with Crippen LogP contribution in [0.3, 0.4) is 0 Å². The highest BCUT2D eigenvalue weighted by Crippen LogP contribution is 2.32. The molecule has 1 aliphatic rings. The summed E-state index contributed by atoms with van der Waals surface area (Å²) in [6, 6.07) is 14.4. The lowest BCUT2D eigenvalue weighted by molar-refractivity contribution is -0.137. The first-order valence-electron chi connectivity index (χ1n) is 10.8. The maximum absolute atomic E-state index is 13.0. The number of alkyl halides is 3. The molecule has 2 aromatic rings. The lowest BCUT2D eigenvalue weighted by atomic mass is 9.96. The fraction of sp³-hybridized carbons (Fsp3) is 0.435. The van der Waals surface area contributed by atoms with Crippen molar-refractivity contribution in [2.24, 2.45) is 0 Å². The van der Waals surface area contributed by atoms with Gasteiger partial charge in [0.2, 0.25) is 15.9 Å². The minimum absolute atomic E-state index is 0.00164. The summed E-state index contributed by atoms with van der Waals surface area (Å²) in [6.07, 6.45) is -3.83. The van der Waals surface area contributed by atoms with Crippen molar-refractivity contribution in [1.29, 1.82) is 0 Å². The smallest absolute Gasteiger partial charge is 0.369 e. The molecule has 0 spiro atoms. The SMILES string of the molecule is CCC(C(=O)NCCS(=O)(=O)N1CCN(c2cccc(C(F)(F)F)c2)CC1)c1ccccc1. The van der Waals surface area contributed by atoms with Crippen molar-refractivity contribution in [3.63, 3.8) is 0 Å². The van der Waals surface area contributed by atoms with Gasteiger partial charge >= 0.3 is 6.18 Å². The largest absolute Gasteiger partial charge is 0.416 e. The molecule has 1 aliphatic heterocycles. The Hall–Kier alpha value is -2.59. The Bertz CT molecular complexity index is 1040. The van der Waals surface area contributed by atoms with Gasteiger partial charge in [0.15, 0.2) is 0 Å². The number of hydrogen-bond donors (Lipinski definition) is 1. The van der Waals surface area contributed by atoms with E-state index in [1.807, 2.05) is 37.3 Å². The first kappa shape index (κ1) is 25.0. The molecule has 10 heteroatoms. The zero-order chi connectivity index (χ0) is 24.1. The van der Waals surface area contributed by atoms with Gasteiger partial charge in [0.25, 0.3) is 0 Å². The molecule has 0 saturated carbocycles. The number of anilines is 1. The molecule has 2 aromatic carbocycles. The van der Waals surface area contributed by atoms with E-state index in [1.54, 1.807) is 11.0 Å². The van der Waals surface area contributed by atoms with Crippen LogP contribution in [-0.2, 0) is 21.0 Å². The quantitative estimate of drug-likeness (QED) is 0.624. The van der Waals surface area contributed by atoms with Gasteiger partial charge in [0, 0.05) is 38.4 Å². The number of amides is 1. The molecule has 1 N–H and O–H groups in total. The molecule has 180 valence electrons. The van der Waals surface area contributed by atoms with E-state index < -0.39 is 21.8 Å². The second kappa shape index (κ2) is 10.6. The van der Waals surface area contributed by atoms with Crippen molar-refractivity contribution in [1.82, 2.24) is 9.62 Å². The van der Waals surface area contributed by atoms with Crippen LogP contribution in [0.5, 0.6) is 0 Å². The lowest BCUT2D eigenvalue weighted by Gasteiger charge is -2.35. The topological polar surface area (TPSA) is 69.7 Å². The standard InChI is InChI=1S/C23H28F3N3O3S/c1-2-21(18-7-4-3-5-8-18)22(30)27-11-16-33(31,32)29-14-12-28(13-15-29)20-10-6-9-19(17-20)23(24,25)26/h3-10,17,21H,2,11-16H2,1H3,(H,27,30). The molecule has 1 amide bonds. The summed E-state index contributed by atoms with van der Waals surface area (Å²) in [5.41, 5.74) is 0.568. The first-order chi connectivity index (χ1) is 15.6. The Morgan fingerprint density at radius 1 is 1.03 bits per heavy atom. The molecule has 6 nitrogen and oxygen atoms in total. The average Bonchev–Trinajstić information content (AvgIpc) is 2.80. The highest BCUT2D eigenvalue weighted by molar-refractivity contribution is 7.89. The minimum Gasteiger partial charge on any atom is -0.369 e. The third-order valence-corrected chi connectivity index (χ3v) is 7.63. The summed E-state index contributed by atoms with van der Waals surface area (Å²) in [4.78, 5) is 14.3. The third kappa shape index (κ3) is 6.48. The van der Waals surface area contributed by atoms with Gasteiger partial charge in [0.1, 0.15) is 0 Å². The number of carbonyl (C=O) groups excluding carboxylic acids is 1. The van der Waals surface area contributed by atoms with E-state index in [2.05, 4.69) is 5.32 Å². The maximum atomic E-state index is 13.0. The van der Waals surface area contributed by atoms with E-state index in [1.165, 1.54) is 10.4 Å². The van der Waals surface area contributed by atoms with Crippen LogP contribution >= 0.6 is 0 Å². The van der Waals surface area contributed by atoms with Crippen LogP contribution in [-0.4, -0.2) is 57.1 Å². The Morgan fingerprint density at radius 2 is 1.70 bits per heavy atom. The van der Waals surface area contributed by atoms with Gasteiger partial charge in [-0.05, 0) is 30.2 Å². The Kier molecular flexibility index (Phi) is 8.01. The molecule has 1 heterocycles. The molecule has 3 rings (SSSR count).